The lowest BCUT2D eigenvalue weighted by Crippen LogP contribution is -1.97. The summed E-state index contributed by atoms with van der Waals surface area (Å²) in [5.41, 5.74) is 3.25. The molecule has 1 aromatic heterocycles. The second kappa shape index (κ2) is 6.01. The maximum absolute atomic E-state index is 5.82. The van der Waals surface area contributed by atoms with E-state index in [4.69, 9.17) is 4.74 Å². The van der Waals surface area contributed by atoms with Crippen molar-refractivity contribution in [1.29, 1.82) is 0 Å². The molecule has 0 unspecified atom stereocenters. The number of rotatable bonds is 4. The number of hydrogen-bond acceptors (Lipinski definition) is 2. The monoisotopic (exact) mass is 239 g/mol. The van der Waals surface area contributed by atoms with Gasteiger partial charge in [-0.1, -0.05) is 35.9 Å². The molecule has 0 saturated heterocycles. The third-order valence-corrected chi connectivity index (χ3v) is 2.46. The van der Waals surface area contributed by atoms with Crippen LogP contribution in [0.25, 0.3) is 6.08 Å². The summed E-state index contributed by atoms with van der Waals surface area (Å²) >= 11 is 0. The average Bonchev–Trinajstić information content (AvgIpc) is 2.38. The number of hydrogen-bond donors (Lipinski definition) is 0. The lowest BCUT2D eigenvalue weighted by molar-refractivity contribution is 0.304. The van der Waals surface area contributed by atoms with Crippen LogP contribution in [0, 0.1) is 0 Å². The van der Waals surface area contributed by atoms with Crippen LogP contribution >= 0.6 is 0 Å². The molecule has 0 fully saturated rings. The highest BCUT2D eigenvalue weighted by Gasteiger charge is 2.02. The third-order valence-electron chi connectivity index (χ3n) is 2.46. The van der Waals surface area contributed by atoms with Crippen LogP contribution in [0.4, 0.5) is 0 Å². The molecule has 0 aliphatic rings. The fourth-order valence-electron chi connectivity index (χ4n) is 1.64. The van der Waals surface area contributed by atoms with Gasteiger partial charge in [0.15, 0.2) is 0 Å². The topological polar surface area (TPSA) is 22.1 Å². The van der Waals surface area contributed by atoms with E-state index in [2.05, 4.69) is 31.0 Å². The summed E-state index contributed by atoms with van der Waals surface area (Å²) in [6.07, 6.45) is 3.81. The van der Waals surface area contributed by atoms with Crippen molar-refractivity contribution >= 4 is 6.08 Å². The highest BCUT2D eigenvalue weighted by Crippen LogP contribution is 2.19. The average molecular weight is 239 g/mol. The third kappa shape index (κ3) is 3.45. The van der Waals surface area contributed by atoms with Crippen molar-refractivity contribution < 1.29 is 4.74 Å². The first-order chi connectivity index (χ1) is 8.75. The Kier molecular flexibility index (Phi) is 4.13. The predicted molar refractivity (Wildman–Crippen MR) is 74.3 cm³/mol. The van der Waals surface area contributed by atoms with E-state index in [9.17, 15) is 0 Å². The maximum Gasteiger partial charge on any atom is 0.145 e. The van der Waals surface area contributed by atoms with Crippen molar-refractivity contribution in [3.05, 3.63) is 65.5 Å². The zero-order valence-corrected chi connectivity index (χ0v) is 10.8. The van der Waals surface area contributed by atoms with E-state index in [-0.39, 0.29) is 0 Å². The Balaban J connectivity index is 2.12. The number of pyridine rings is 1. The summed E-state index contributed by atoms with van der Waals surface area (Å²) < 4.78 is 5.82. The van der Waals surface area contributed by atoms with Gasteiger partial charge in [-0.3, -0.25) is 4.98 Å². The van der Waals surface area contributed by atoms with Gasteiger partial charge < -0.3 is 4.74 Å². The second-order valence-electron chi connectivity index (χ2n) is 4.38. The molecule has 2 aromatic rings. The van der Waals surface area contributed by atoms with Crippen LogP contribution in [0.3, 0.4) is 0 Å². The number of ether oxygens (including phenoxy) is 1. The van der Waals surface area contributed by atoms with E-state index in [0.29, 0.717) is 6.61 Å². The fraction of sp³-hybridized carbons (Fsp3) is 0.188. The number of allylic oxidation sites excluding steroid dienone is 1. The van der Waals surface area contributed by atoms with Crippen LogP contribution in [-0.4, -0.2) is 4.98 Å². The predicted octanol–water partition coefficient (Wildman–Crippen LogP) is 4.08. The minimum atomic E-state index is 0.566. The van der Waals surface area contributed by atoms with Crippen LogP contribution < -0.4 is 4.74 Å². The van der Waals surface area contributed by atoms with E-state index in [0.717, 1.165) is 17.0 Å². The number of benzene rings is 1. The van der Waals surface area contributed by atoms with Crippen LogP contribution in [-0.2, 0) is 6.61 Å². The first-order valence-electron chi connectivity index (χ1n) is 6.02. The minimum Gasteiger partial charge on any atom is -0.487 e. The zero-order chi connectivity index (χ0) is 12.8. The lowest BCUT2D eigenvalue weighted by Gasteiger charge is -2.08. The summed E-state index contributed by atoms with van der Waals surface area (Å²) in [4.78, 5) is 4.33. The van der Waals surface area contributed by atoms with Gasteiger partial charge in [-0.2, -0.15) is 0 Å². The Labute approximate surface area is 108 Å². The van der Waals surface area contributed by atoms with E-state index in [1.165, 1.54) is 5.57 Å². The first kappa shape index (κ1) is 12.4. The smallest absolute Gasteiger partial charge is 0.145 e. The molecule has 0 atom stereocenters. The SMILES string of the molecule is CC(C)=Cc1ncccc1OCc1ccccc1. The summed E-state index contributed by atoms with van der Waals surface area (Å²) in [6.45, 7) is 4.67. The minimum absolute atomic E-state index is 0.566. The summed E-state index contributed by atoms with van der Waals surface area (Å²) in [6, 6.07) is 14.0. The molecule has 0 radical (unpaired) electrons. The van der Waals surface area contributed by atoms with Crippen LogP contribution in [0.2, 0.25) is 0 Å². The molecule has 2 nitrogen and oxygen atoms in total. The second-order valence-corrected chi connectivity index (χ2v) is 4.38. The molecule has 92 valence electrons. The van der Waals surface area contributed by atoms with Gasteiger partial charge in [0.25, 0.3) is 0 Å². The van der Waals surface area contributed by atoms with Crippen molar-refractivity contribution in [3.63, 3.8) is 0 Å². The standard InChI is InChI=1S/C16H17NO/c1-13(2)11-15-16(9-6-10-17-15)18-12-14-7-4-3-5-8-14/h3-11H,12H2,1-2H3. The number of aromatic nitrogens is 1. The molecule has 0 amide bonds. The highest BCUT2D eigenvalue weighted by atomic mass is 16.5. The van der Waals surface area contributed by atoms with Crippen molar-refractivity contribution in [3.8, 4) is 5.75 Å². The molecular formula is C16H17NO. The quantitative estimate of drug-likeness (QED) is 0.802. The van der Waals surface area contributed by atoms with Crippen molar-refractivity contribution in [2.24, 2.45) is 0 Å². The van der Waals surface area contributed by atoms with Gasteiger partial charge in [-0.15, -0.1) is 0 Å². The van der Waals surface area contributed by atoms with E-state index >= 15 is 0 Å². The summed E-state index contributed by atoms with van der Waals surface area (Å²) in [7, 11) is 0. The van der Waals surface area contributed by atoms with Crippen LogP contribution in [0.5, 0.6) is 5.75 Å². The molecule has 0 saturated carbocycles. The van der Waals surface area contributed by atoms with E-state index in [1.54, 1.807) is 6.20 Å². The molecule has 0 aliphatic heterocycles. The first-order valence-corrected chi connectivity index (χ1v) is 6.02. The molecule has 0 bridgehead atoms. The van der Waals surface area contributed by atoms with Crippen molar-refractivity contribution in [2.75, 3.05) is 0 Å². The van der Waals surface area contributed by atoms with Crippen LogP contribution in [0.15, 0.2) is 54.2 Å². The molecule has 1 aromatic carbocycles. The van der Waals surface area contributed by atoms with Crippen molar-refractivity contribution in [2.45, 2.75) is 20.5 Å². The summed E-state index contributed by atoms with van der Waals surface area (Å²) in [5, 5.41) is 0. The van der Waals surface area contributed by atoms with E-state index in [1.807, 2.05) is 36.4 Å². The summed E-state index contributed by atoms with van der Waals surface area (Å²) in [5.74, 6) is 0.822. The van der Waals surface area contributed by atoms with Gasteiger partial charge in [-0.25, -0.2) is 0 Å². The molecule has 0 aliphatic carbocycles. The lowest BCUT2D eigenvalue weighted by atomic mass is 10.2. The molecular weight excluding hydrogens is 222 g/mol. The molecule has 2 rings (SSSR count). The Morgan fingerprint density at radius 1 is 1.11 bits per heavy atom. The highest BCUT2D eigenvalue weighted by molar-refractivity contribution is 5.54. The van der Waals surface area contributed by atoms with Gasteiger partial charge in [-0.05, 0) is 37.6 Å². The normalized spacial score (nSPS) is 9.89. The fourth-order valence-corrected chi connectivity index (χ4v) is 1.64. The number of nitrogens with zero attached hydrogens (tertiary/aromatic N) is 1. The van der Waals surface area contributed by atoms with Gasteiger partial charge in [0.1, 0.15) is 18.1 Å². The molecule has 1 heterocycles. The van der Waals surface area contributed by atoms with Crippen LogP contribution in [0.1, 0.15) is 25.1 Å². The maximum atomic E-state index is 5.82. The largest absolute Gasteiger partial charge is 0.487 e. The van der Waals surface area contributed by atoms with Gasteiger partial charge in [0.2, 0.25) is 0 Å². The Morgan fingerprint density at radius 3 is 2.61 bits per heavy atom. The molecule has 0 N–H and O–H groups in total. The Morgan fingerprint density at radius 2 is 1.89 bits per heavy atom. The van der Waals surface area contributed by atoms with Gasteiger partial charge >= 0.3 is 0 Å². The molecule has 0 spiro atoms. The van der Waals surface area contributed by atoms with Gasteiger partial charge in [0.05, 0.1) is 0 Å². The van der Waals surface area contributed by atoms with Crippen molar-refractivity contribution in [1.82, 2.24) is 4.98 Å². The van der Waals surface area contributed by atoms with E-state index < -0.39 is 0 Å². The Hall–Kier alpha value is -2.09. The molecule has 2 heteroatoms. The zero-order valence-electron chi connectivity index (χ0n) is 10.8. The van der Waals surface area contributed by atoms with Gasteiger partial charge in [0, 0.05) is 6.20 Å². The molecule has 18 heavy (non-hydrogen) atoms. The Bertz CT molecular complexity index is 528.